The van der Waals surface area contributed by atoms with E-state index in [1.165, 1.54) is 6.07 Å². The number of hydrogen-bond donors (Lipinski definition) is 1. The molecule has 0 spiro atoms. The van der Waals surface area contributed by atoms with Crippen molar-refractivity contribution in [1.82, 2.24) is 9.97 Å². The van der Waals surface area contributed by atoms with E-state index in [-0.39, 0.29) is 0 Å². The van der Waals surface area contributed by atoms with Crippen LogP contribution >= 0.6 is 0 Å². The number of anilines is 2. The zero-order valence-electron chi connectivity index (χ0n) is 9.47. The molecular weight excluding hydrogens is 228 g/mol. The third kappa shape index (κ3) is 2.13. The lowest BCUT2D eigenvalue weighted by Crippen LogP contribution is -1.94. The molecule has 1 N–H and O–H groups in total. The van der Waals surface area contributed by atoms with Crippen LogP contribution in [0.1, 0.15) is 0 Å². The van der Waals surface area contributed by atoms with E-state index in [0.29, 0.717) is 16.9 Å². The Labute approximate surface area is 103 Å². The van der Waals surface area contributed by atoms with E-state index in [0.717, 1.165) is 5.69 Å². The number of rotatable bonds is 2. The summed E-state index contributed by atoms with van der Waals surface area (Å²) in [6, 6.07) is 16.2. The number of para-hydroxylation sites is 1. The van der Waals surface area contributed by atoms with Crippen LogP contribution in [0.25, 0.3) is 11.0 Å². The van der Waals surface area contributed by atoms with E-state index in [4.69, 9.17) is 0 Å². The molecule has 88 valence electrons. The van der Waals surface area contributed by atoms with E-state index < -0.39 is 5.95 Å². The van der Waals surface area contributed by atoms with Crippen molar-refractivity contribution in [1.29, 1.82) is 0 Å². The summed E-state index contributed by atoms with van der Waals surface area (Å²) in [7, 11) is 0. The van der Waals surface area contributed by atoms with Crippen molar-refractivity contribution in [3.8, 4) is 0 Å². The number of hydrogen-bond acceptors (Lipinski definition) is 3. The van der Waals surface area contributed by atoms with Crippen LogP contribution in [0.2, 0.25) is 0 Å². The van der Waals surface area contributed by atoms with Gasteiger partial charge in [0.15, 0.2) is 0 Å². The second kappa shape index (κ2) is 4.41. The van der Waals surface area contributed by atoms with Crippen LogP contribution < -0.4 is 5.32 Å². The van der Waals surface area contributed by atoms with E-state index >= 15 is 0 Å². The highest BCUT2D eigenvalue weighted by molar-refractivity contribution is 5.76. The van der Waals surface area contributed by atoms with E-state index in [1.54, 1.807) is 18.2 Å². The molecule has 0 saturated heterocycles. The van der Waals surface area contributed by atoms with Crippen LogP contribution in [-0.2, 0) is 0 Å². The van der Waals surface area contributed by atoms with Gasteiger partial charge in [-0.2, -0.15) is 4.39 Å². The highest BCUT2D eigenvalue weighted by Crippen LogP contribution is 2.17. The Kier molecular flexibility index (Phi) is 2.61. The molecule has 2 heterocycles. The van der Waals surface area contributed by atoms with Gasteiger partial charge in [0.05, 0.1) is 11.0 Å². The highest BCUT2D eigenvalue weighted by Gasteiger charge is 2.01. The Morgan fingerprint density at radius 1 is 0.778 bits per heavy atom. The quantitative estimate of drug-likeness (QED) is 0.694. The van der Waals surface area contributed by atoms with Crippen molar-refractivity contribution in [2.24, 2.45) is 0 Å². The summed E-state index contributed by atoms with van der Waals surface area (Å²) in [5.41, 5.74) is 2.17. The molecule has 3 rings (SSSR count). The molecule has 2 aromatic heterocycles. The van der Waals surface area contributed by atoms with Gasteiger partial charge >= 0.3 is 0 Å². The molecule has 0 amide bonds. The van der Waals surface area contributed by atoms with Gasteiger partial charge in [-0.25, -0.2) is 9.97 Å². The smallest absolute Gasteiger partial charge is 0.213 e. The number of pyridine rings is 2. The first kappa shape index (κ1) is 10.7. The standard InChI is InChI=1S/C14H10FN3/c15-13-8-6-12-11(17-13)7-9-14(18-12)16-10-4-2-1-3-5-10/h1-9H,(H,16,18)/i15-1. The Morgan fingerprint density at radius 3 is 2.33 bits per heavy atom. The van der Waals surface area contributed by atoms with E-state index in [9.17, 15) is 4.39 Å². The van der Waals surface area contributed by atoms with Gasteiger partial charge in [-0.3, -0.25) is 0 Å². The van der Waals surface area contributed by atoms with Crippen LogP contribution in [0, 0.1) is 5.95 Å². The fraction of sp³-hybridized carbons (Fsp3) is 0. The number of halogens is 1. The average molecular weight is 238 g/mol. The molecule has 0 fully saturated rings. The maximum absolute atomic E-state index is 12.9. The lowest BCUT2D eigenvalue weighted by Gasteiger charge is -2.06. The fourth-order valence-electron chi connectivity index (χ4n) is 1.72. The SMILES string of the molecule is [18F]c1ccc2nc(Nc3ccccc3)ccc2n1. The minimum atomic E-state index is -0.493. The highest BCUT2D eigenvalue weighted by atomic mass is 18.2. The van der Waals surface area contributed by atoms with Crippen LogP contribution in [0.15, 0.2) is 54.6 Å². The summed E-state index contributed by atoms with van der Waals surface area (Å²) in [5, 5.41) is 3.18. The summed E-state index contributed by atoms with van der Waals surface area (Å²) in [6.45, 7) is 0. The number of nitrogens with zero attached hydrogens (tertiary/aromatic N) is 2. The Balaban J connectivity index is 1.96. The molecule has 0 unspecified atom stereocenters. The first-order chi connectivity index (χ1) is 8.81. The summed E-state index contributed by atoms with van der Waals surface area (Å²) >= 11 is 0. The second-order valence-corrected chi connectivity index (χ2v) is 3.86. The number of benzene rings is 1. The van der Waals surface area contributed by atoms with Crippen molar-refractivity contribution >= 4 is 22.5 Å². The molecule has 1 aromatic carbocycles. The third-order valence-corrected chi connectivity index (χ3v) is 2.55. The Bertz CT molecular complexity index is 683. The summed E-state index contributed by atoms with van der Waals surface area (Å²) < 4.78 is 12.9. The fourth-order valence-corrected chi connectivity index (χ4v) is 1.72. The molecule has 0 aliphatic carbocycles. The van der Waals surface area contributed by atoms with Crippen molar-refractivity contribution in [2.75, 3.05) is 5.32 Å². The van der Waals surface area contributed by atoms with Gasteiger partial charge in [0.25, 0.3) is 0 Å². The molecule has 0 aliphatic rings. The monoisotopic (exact) mass is 238 g/mol. The van der Waals surface area contributed by atoms with Gasteiger partial charge in [-0.1, -0.05) is 18.2 Å². The molecule has 0 radical (unpaired) electrons. The van der Waals surface area contributed by atoms with Gasteiger partial charge in [0.1, 0.15) is 5.82 Å². The first-order valence-corrected chi connectivity index (χ1v) is 5.57. The molecule has 0 saturated carbocycles. The maximum atomic E-state index is 12.9. The Hall–Kier alpha value is -2.49. The second-order valence-electron chi connectivity index (χ2n) is 3.86. The van der Waals surface area contributed by atoms with Crippen molar-refractivity contribution < 1.29 is 4.39 Å². The van der Waals surface area contributed by atoms with Crippen molar-refractivity contribution in [2.45, 2.75) is 0 Å². The maximum Gasteiger partial charge on any atom is 0.213 e. The zero-order chi connectivity index (χ0) is 12.4. The van der Waals surface area contributed by atoms with Gasteiger partial charge < -0.3 is 5.32 Å². The summed E-state index contributed by atoms with van der Waals surface area (Å²) in [6.07, 6.45) is 0. The number of nitrogens with one attached hydrogen (secondary N) is 1. The van der Waals surface area contributed by atoms with Gasteiger partial charge in [-0.05, 0) is 36.4 Å². The molecule has 0 aliphatic heterocycles. The predicted octanol–water partition coefficient (Wildman–Crippen LogP) is 3.51. The Morgan fingerprint density at radius 2 is 1.50 bits per heavy atom. The van der Waals surface area contributed by atoms with Crippen molar-refractivity contribution in [3.63, 3.8) is 0 Å². The average Bonchev–Trinajstić information content (AvgIpc) is 2.40. The molecule has 18 heavy (non-hydrogen) atoms. The van der Waals surface area contributed by atoms with E-state index in [2.05, 4.69) is 15.3 Å². The lowest BCUT2D eigenvalue weighted by atomic mass is 10.3. The molecule has 4 heteroatoms. The van der Waals surface area contributed by atoms with Gasteiger partial charge in [0, 0.05) is 5.69 Å². The molecule has 3 nitrogen and oxygen atoms in total. The third-order valence-electron chi connectivity index (χ3n) is 2.55. The van der Waals surface area contributed by atoms with Crippen LogP contribution in [-0.4, -0.2) is 9.97 Å². The molecule has 3 aromatic rings. The van der Waals surface area contributed by atoms with E-state index in [1.807, 2.05) is 30.3 Å². The minimum absolute atomic E-state index is 0.493. The number of aromatic nitrogens is 2. The minimum Gasteiger partial charge on any atom is -0.340 e. The largest absolute Gasteiger partial charge is 0.340 e. The zero-order valence-corrected chi connectivity index (χ0v) is 9.47. The van der Waals surface area contributed by atoms with Gasteiger partial charge in [0.2, 0.25) is 5.95 Å². The number of fused-ring (bicyclic) bond motifs is 1. The predicted molar refractivity (Wildman–Crippen MR) is 69.2 cm³/mol. The lowest BCUT2D eigenvalue weighted by molar-refractivity contribution is 0.589. The molecule has 0 bridgehead atoms. The summed E-state index contributed by atoms with van der Waals surface area (Å²) in [4.78, 5) is 8.14. The van der Waals surface area contributed by atoms with Crippen LogP contribution in [0.3, 0.4) is 0 Å². The summed E-state index contributed by atoms with van der Waals surface area (Å²) in [5.74, 6) is 0.218. The van der Waals surface area contributed by atoms with Crippen molar-refractivity contribution in [3.05, 3.63) is 60.5 Å². The normalized spacial score (nSPS) is 10.5. The van der Waals surface area contributed by atoms with Gasteiger partial charge in [-0.15, -0.1) is 0 Å². The topological polar surface area (TPSA) is 37.8 Å². The molecular formula is C14H10FN3. The van der Waals surface area contributed by atoms with Crippen LogP contribution in [0.4, 0.5) is 15.9 Å². The molecule has 0 atom stereocenters. The first-order valence-electron chi connectivity index (χ1n) is 5.57. The van der Waals surface area contributed by atoms with Crippen LogP contribution in [0.5, 0.6) is 0 Å².